The van der Waals surface area contributed by atoms with Gasteiger partial charge in [0.1, 0.15) is 7.05 Å². The van der Waals surface area contributed by atoms with E-state index in [2.05, 4.69) is 117 Å². The average Bonchev–Trinajstić information content (AvgIpc) is 2.86. The molecule has 27 heavy (non-hydrogen) atoms. The van der Waals surface area contributed by atoms with Crippen LogP contribution in [0.25, 0.3) is 16.8 Å². The summed E-state index contributed by atoms with van der Waals surface area (Å²) in [4.78, 5) is 2.14. The van der Waals surface area contributed by atoms with E-state index in [4.69, 9.17) is 0 Å². The summed E-state index contributed by atoms with van der Waals surface area (Å²) in [5.41, 5.74) is 6.49. The monoisotopic (exact) mass is 355 g/mol. The number of para-hydroxylation sites is 1. The molecule has 2 heteroatoms. The minimum atomic E-state index is 0.0132. The van der Waals surface area contributed by atoms with Crippen molar-refractivity contribution in [3.63, 3.8) is 0 Å². The van der Waals surface area contributed by atoms with Crippen LogP contribution in [0.3, 0.4) is 0 Å². The van der Waals surface area contributed by atoms with E-state index in [0.717, 1.165) is 0 Å². The third kappa shape index (κ3) is 2.95. The van der Waals surface area contributed by atoms with Crippen molar-refractivity contribution >= 4 is 33.9 Å². The molecule has 0 spiro atoms. The lowest BCUT2D eigenvalue weighted by Gasteiger charge is -2.15. The lowest BCUT2D eigenvalue weighted by atomic mass is 9.81. The van der Waals surface area contributed by atoms with Crippen LogP contribution in [0.5, 0.6) is 0 Å². The normalized spacial score (nSPS) is 15.6. The van der Waals surface area contributed by atoms with Crippen molar-refractivity contribution in [3.8, 4) is 0 Å². The Morgan fingerprint density at radius 3 is 2.30 bits per heavy atom. The molecule has 0 saturated carbocycles. The summed E-state index contributed by atoms with van der Waals surface area (Å²) in [6.45, 7) is 4.61. The molecule has 1 aliphatic heterocycles. The molecule has 0 amide bonds. The van der Waals surface area contributed by atoms with Gasteiger partial charge < -0.3 is 4.90 Å². The maximum absolute atomic E-state index is 2.32. The Morgan fingerprint density at radius 2 is 1.56 bits per heavy atom. The highest BCUT2D eigenvalue weighted by atomic mass is 15.1. The van der Waals surface area contributed by atoms with E-state index in [1.807, 2.05) is 0 Å². The van der Waals surface area contributed by atoms with Gasteiger partial charge in [-0.3, -0.25) is 0 Å². The summed E-state index contributed by atoms with van der Waals surface area (Å²) in [5, 5.41) is 2.55. The third-order valence-electron chi connectivity index (χ3n) is 5.74. The van der Waals surface area contributed by atoms with Crippen LogP contribution in [-0.2, 0) is 5.41 Å². The van der Waals surface area contributed by atoms with Crippen LogP contribution in [0.15, 0.2) is 66.7 Å². The molecule has 0 radical (unpaired) electrons. The quantitative estimate of drug-likeness (QED) is 0.552. The lowest BCUT2D eigenvalue weighted by molar-refractivity contribution is -0.401. The van der Waals surface area contributed by atoms with Crippen LogP contribution < -0.4 is 4.90 Å². The molecule has 136 valence electrons. The standard InChI is InChI=1S/C25H27N2/c1-25(2)22-8-6-7-9-23(22)27(5)24(25)15-11-18-10-12-20-17-21(26(3)4)14-13-19(20)16-18/h6-17H,1-5H3/q+1. The van der Waals surface area contributed by atoms with Gasteiger partial charge in [-0.05, 0) is 54.5 Å². The Balaban J connectivity index is 1.69. The van der Waals surface area contributed by atoms with Crippen LogP contribution in [0, 0.1) is 0 Å². The zero-order chi connectivity index (χ0) is 19.2. The molecular formula is C25H27N2+. The largest absolute Gasteiger partial charge is 0.378 e. The second-order valence-corrected chi connectivity index (χ2v) is 8.11. The molecule has 0 bridgehead atoms. The third-order valence-corrected chi connectivity index (χ3v) is 5.74. The fourth-order valence-electron chi connectivity index (χ4n) is 4.11. The van der Waals surface area contributed by atoms with Gasteiger partial charge in [-0.1, -0.05) is 36.4 Å². The predicted molar refractivity (Wildman–Crippen MR) is 118 cm³/mol. The number of benzene rings is 3. The van der Waals surface area contributed by atoms with E-state index in [-0.39, 0.29) is 5.41 Å². The predicted octanol–water partition coefficient (Wildman–Crippen LogP) is 5.63. The van der Waals surface area contributed by atoms with E-state index in [1.54, 1.807) is 0 Å². The molecule has 4 rings (SSSR count). The number of rotatable bonds is 3. The fourth-order valence-corrected chi connectivity index (χ4v) is 4.11. The maximum Gasteiger partial charge on any atom is 0.209 e. The molecule has 0 aliphatic carbocycles. The number of hydrogen-bond acceptors (Lipinski definition) is 1. The van der Waals surface area contributed by atoms with Gasteiger partial charge in [-0.25, -0.2) is 0 Å². The summed E-state index contributed by atoms with van der Waals surface area (Å²) in [7, 11) is 6.32. The maximum atomic E-state index is 2.32. The summed E-state index contributed by atoms with van der Waals surface area (Å²) in [6.07, 6.45) is 4.51. The molecule has 0 unspecified atom stereocenters. The van der Waals surface area contributed by atoms with E-state index < -0.39 is 0 Å². The molecule has 0 aromatic heterocycles. The summed E-state index contributed by atoms with van der Waals surface area (Å²) in [5.74, 6) is 0. The van der Waals surface area contributed by atoms with Gasteiger partial charge >= 0.3 is 0 Å². The molecule has 1 heterocycles. The highest BCUT2D eigenvalue weighted by Gasteiger charge is 2.42. The van der Waals surface area contributed by atoms with Gasteiger partial charge in [-0.2, -0.15) is 4.58 Å². The van der Waals surface area contributed by atoms with Gasteiger partial charge in [0.05, 0.1) is 5.41 Å². The zero-order valence-corrected chi connectivity index (χ0v) is 16.8. The second-order valence-electron chi connectivity index (χ2n) is 8.11. The Bertz CT molecular complexity index is 1080. The minimum absolute atomic E-state index is 0.0132. The Morgan fingerprint density at radius 1 is 0.852 bits per heavy atom. The van der Waals surface area contributed by atoms with Crippen LogP contribution in [0.1, 0.15) is 25.0 Å². The lowest BCUT2D eigenvalue weighted by Crippen LogP contribution is -2.26. The van der Waals surface area contributed by atoms with Crippen molar-refractivity contribution in [1.29, 1.82) is 0 Å². The second kappa shape index (κ2) is 6.38. The van der Waals surface area contributed by atoms with Crippen LogP contribution in [-0.4, -0.2) is 31.4 Å². The number of hydrogen-bond donors (Lipinski definition) is 0. The van der Waals surface area contributed by atoms with Crippen LogP contribution in [0.2, 0.25) is 0 Å². The van der Waals surface area contributed by atoms with Gasteiger partial charge in [0.2, 0.25) is 5.69 Å². The SMILES string of the molecule is CN(C)c1ccc2cc(C=CC3=[N+](C)c4ccccc4C3(C)C)ccc2c1. The Labute approximate surface area is 162 Å². The summed E-state index contributed by atoms with van der Waals surface area (Å²) >= 11 is 0. The molecule has 0 N–H and O–H groups in total. The number of nitrogens with zero attached hydrogens (tertiary/aromatic N) is 2. The van der Waals surface area contributed by atoms with Crippen molar-refractivity contribution in [1.82, 2.24) is 0 Å². The van der Waals surface area contributed by atoms with E-state index >= 15 is 0 Å². The van der Waals surface area contributed by atoms with Crippen molar-refractivity contribution < 1.29 is 4.58 Å². The number of allylic oxidation sites excluding steroid dienone is 1. The first-order valence-electron chi connectivity index (χ1n) is 9.48. The van der Waals surface area contributed by atoms with Gasteiger partial charge in [0, 0.05) is 37.5 Å². The average molecular weight is 356 g/mol. The van der Waals surface area contributed by atoms with Gasteiger partial charge in [0.25, 0.3) is 0 Å². The van der Waals surface area contributed by atoms with E-state index in [1.165, 1.54) is 39.0 Å². The molecule has 1 aliphatic rings. The first kappa shape index (κ1) is 17.5. The van der Waals surface area contributed by atoms with Gasteiger partial charge in [0.15, 0.2) is 5.71 Å². The molecule has 3 aromatic rings. The highest BCUT2D eigenvalue weighted by molar-refractivity contribution is 6.05. The smallest absolute Gasteiger partial charge is 0.209 e. The van der Waals surface area contributed by atoms with Crippen molar-refractivity contribution in [2.75, 3.05) is 26.0 Å². The minimum Gasteiger partial charge on any atom is -0.378 e. The van der Waals surface area contributed by atoms with Crippen molar-refractivity contribution in [2.45, 2.75) is 19.3 Å². The first-order valence-corrected chi connectivity index (χ1v) is 9.48. The first-order chi connectivity index (χ1) is 12.9. The van der Waals surface area contributed by atoms with Crippen molar-refractivity contribution in [3.05, 3.63) is 77.9 Å². The van der Waals surface area contributed by atoms with E-state index in [0.29, 0.717) is 0 Å². The highest BCUT2D eigenvalue weighted by Crippen LogP contribution is 2.39. The van der Waals surface area contributed by atoms with Crippen molar-refractivity contribution in [2.24, 2.45) is 0 Å². The molecule has 2 nitrogen and oxygen atoms in total. The molecule has 3 aromatic carbocycles. The van der Waals surface area contributed by atoms with E-state index in [9.17, 15) is 0 Å². The molecule has 0 atom stereocenters. The van der Waals surface area contributed by atoms with Crippen LogP contribution in [0.4, 0.5) is 11.4 Å². The topological polar surface area (TPSA) is 6.25 Å². The molecular weight excluding hydrogens is 328 g/mol. The summed E-state index contributed by atoms with van der Waals surface area (Å²) < 4.78 is 2.32. The number of anilines is 1. The van der Waals surface area contributed by atoms with Crippen LogP contribution >= 0.6 is 0 Å². The molecule has 0 fully saturated rings. The Hall–Kier alpha value is -2.87. The molecule has 0 saturated heterocycles. The zero-order valence-electron chi connectivity index (χ0n) is 16.8. The Kier molecular flexibility index (Phi) is 4.15. The summed E-state index contributed by atoms with van der Waals surface area (Å²) in [6, 6.07) is 22.0. The number of fused-ring (bicyclic) bond motifs is 2. The van der Waals surface area contributed by atoms with Gasteiger partial charge in [-0.15, -0.1) is 0 Å². The fraction of sp³-hybridized carbons (Fsp3) is 0.240.